The summed E-state index contributed by atoms with van der Waals surface area (Å²) in [5.74, 6) is 2.73. The van der Waals surface area contributed by atoms with Crippen molar-refractivity contribution in [3.8, 4) is 28.6 Å². The molecule has 5 atom stereocenters. The second kappa shape index (κ2) is 18.8. The van der Waals surface area contributed by atoms with Crippen molar-refractivity contribution < 1.29 is 27.4 Å². The van der Waals surface area contributed by atoms with Crippen LogP contribution in [0, 0.1) is 23.1 Å². The van der Waals surface area contributed by atoms with Gasteiger partial charge < -0.3 is 14.4 Å². The lowest BCUT2D eigenvalue weighted by Gasteiger charge is -2.42. The van der Waals surface area contributed by atoms with Gasteiger partial charge in [0.25, 0.3) is 0 Å². The molecular weight excluding hydrogens is 909 g/mol. The third-order valence-corrected chi connectivity index (χ3v) is 21.7. The first kappa shape index (κ1) is 48.7. The molecule has 0 aliphatic carbocycles. The average molecular weight is 973 g/mol. The molecule has 1 aromatic heterocycles. The normalized spacial score (nSPS) is 21.8. The molecule has 5 aromatic rings. The number of nitrogens with zero attached hydrogens (tertiary/aromatic N) is 6. The molecule has 1 amide bonds. The van der Waals surface area contributed by atoms with Gasteiger partial charge in [0, 0.05) is 42.4 Å². The standard InChI is InChI=1S/C55H64F3N6O3PSi/c1-33(2)69(34(3)4,35(5)6)25-22-43-46(57)21-16-37-26-39(59-51(68)36-14-11-10-12-15-36)27-45(47(37)43)42-19-20-44-49(48(42)58)60-52(66-32-55-23-13-24-63(55)29-38(56)28-55)61-50(44)62-30-40-17-18-41(31-62)64(40)53(65)67-54(7,8)9/h10-12,14-21,26-27,33-35,38,40-41H,13,23-24,28-32,68H2,1-9H3/t38-,40?,41?,55+/m1/s1. The Labute approximate surface area is 408 Å². The van der Waals surface area contributed by atoms with E-state index in [9.17, 15) is 9.18 Å². The fraction of sp³-hybridized carbons (Fsp3) is 0.455. The molecule has 0 saturated carbocycles. The lowest BCUT2D eigenvalue weighted by molar-refractivity contribution is 0.0146. The summed E-state index contributed by atoms with van der Waals surface area (Å²) in [7, 11) is 0.371. The highest BCUT2D eigenvalue weighted by atomic mass is 31.0. The number of benzene rings is 4. The zero-order valence-corrected chi connectivity index (χ0v) is 43.4. The Morgan fingerprint density at radius 1 is 0.928 bits per heavy atom. The molecule has 3 unspecified atom stereocenters. The summed E-state index contributed by atoms with van der Waals surface area (Å²) in [6, 6.07) is 19.5. The monoisotopic (exact) mass is 972 g/mol. The Morgan fingerprint density at radius 2 is 1.62 bits per heavy atom. The van der Waals surface area contributed by atoms with Crippen molar-refractivity contribution in [1.29, 1.82) is 0 Å². The first-order valence-corrected chi connectivity index (χ1v) is 27.3. The molecule has 3 saturated heterocycles. The Morgan fingerprint density at radius 3 is 2.29 bits per heavy atom. The molecule has 3 fully saturated rings. The van der Waals surface area contributed by atoms with Gasteiger partial charge in [-0.25, -0.2) is 23.0 Å². The molecule has 9 nitrogen and oxygen atoms in total. The van der Waals surface area contributed by atoms with Gasteiger partial charge in [0.05, 0.1) is 34.3 Å². The van der Waals surface area contributed by atoms with Crippen LogP contribution in [-0.2, 0) is 4.74 Å². The van der Waals surface area contributed by atoms with Crippen LogP contribution >= 0.6 is 9.24 Å². The number of ether oxygens (including phenoxy) is 2. The number of hydrogen-bond donors (Lipinski definition) is 0. The maximum Gasteiger partial charge on any atom is 0.411 e. The topological polar surface area (TPSA) is 83.4 Å². The number of alkyl halides is 1. The minimum atomic E-state index is -2.34. The zero-order valence-electron chi connectivity index (χ0n) is 41.2. The molecule has 4 aliphatic rings. The predicted octanol–water partition coefficient (Wildman–Crippen LogP) is 12.6. The van der Waals surface area contributed by atoms with Crippen LogP contribution in [0.4, 0.5) is 29.5 Å². The lowest BCUT2D eigenvalue weighted by atomic mass is 9.92. The third kappa shape index (κ3) is 9.18. The van der Waals surface area contributed by atoms with E-state index in [0.29, 0.717) is 81.4 Å². The molecule has 5 heterocycles. The maximum atomic E-state index is 18.2. The number of rotatable bonds is 10. The zero-order chi connectivity index (χ0) is 49.2. The highest BCUT2D eigenvalue weighted by Crippen LogP contribution is 2.45. The highest BCUT2D eigenvalue weighted by molar-refractivity contribution is 7.42. The number of hydrogen-bond acceptors (Lipinski definition) is 8. The largest absolute Gasteiger partial charge is 0.461 e. The SMILES string of the molecule is CC(C)[Si](C#Cc1c(F)ccc2cc(N=C(P)c3ccccc3)cc(-c3ccc4c(N5CC6C=CC(C5)N6C(=O)OC(C)(C)C)nc(OC[C@@]56CCCN5C[C@H](F)C6)nc4c3F)c12)(C(C)C)C(C)C. The van der Waals surface area contributed by atoms with E-state index in [1.165, 1.54) is 6.07 Å². The molecule has 4 aromatic carbocycles. The first-order chi connectivity index (χ1) is 32.8. The number of anilines is 1. The smallest absolute Gasteiger partial charge is 0.411 e. The number of halogens is 3. The molecule has 0 spiro atoms. The van der Waals surface area contributed by atoms with Crippen molar-refractivity contribution in [2.75, 3.05) is 37.7 Å². The van der Waals surface area contributed by atoms with Gasteiger partial charge in [0.2, 0.25) is 0 Å². The Balaban J connectivity index is 1.23. The van der Waals surface area contributed by atoms with Gasteiger partial charge in [-0.05, 0) is 97.6 Å². The molecule has 9 rings (SSSR count). The summed E-state index contributed by atoms with van der Waals surface area (Å²) in [6.45, 7) is 20.9. The molecule has 362 valence electrons. The van der Waals surface area contributed by atoms with Crippen molar-refractivity contribution in [3.63, 3.8) is 0 Å². The van der Waals surface area contributed by atoms with Crippen molar-refractivity contribution in [3.05, 3.63) is 102 Å². The summed E-state index contributed by atoms with van der Waals surface area (Å²) in [5, 5.41) is 1.59. The Kier molecular flexibility index (Phi) is 13.3. The van der Waals surface area contributed by atoms with Gasteiger partial charge >= 0.3 is 12.1 Å². The van der Waals surface area contributed by atoms with Crippen LogP contribution in [0.5, 0.6) is 6.01 Å². The average Bonchev–Trinajstić information content (AvgIpc) is 3.92. The molecule has 14 heteroatoms. The number of amides is 1. The van der Waals surface area contributed by atoms with Crippen LogP contribution in [0.1, 0.15) is 92.7 Å². The van der Waals surface area contributed by atoms with Crippen molar-refractivity contribution >= 4 is 62.0 Å². The molecule has 4 aliphatic heterocycles. The number of carbonyl (C=O) groups excluding carboxylic acids is 1. The van der Waals surface area contributed by atoms with Gasteiger partial charge in [-0.1, -0.05) is 111 Å². The summed E-state index contributed by atoms with van der Waals surface area (Å²) < 4.78 is 62.1. The number of fused-ring (bicyclic) bond motifs is 5. The molecular formula is C55H64F3N6O3PSi. The van der Waals surface area contributed by atoms with Crippen LogP contribution in [0.2, 0.25) is 16.6 Å². The van der Waals surface area contributed by atoms with E-state index in [4.69, 9.17) is 24.4 Å². The second-order valence-corrected chi connectivity index (χ2v) is 27.5. The van der Waals surface area contributed by atoms with Crippen molar-refractivity contribution in [1.82, 2.24) is 19.8 Å². The maximum absolute atomic E-state index is 18.2. The van der Waals surface area contributed by atoms with E-state index >= 15 is 8.78 Å². The van der Waals surface area contributed by atoms with Crippen molar-refractivity contribution in [2.45, 2.75) is 128 Å². The number of aliphatic imine (C=N–C) groups is 1. The minimum absolute atomic E-state index is 0.0194. The fourth-order valence-electron chi connectivity index (χ4n) is 11.8. The van der Waals surface area contributed by atoms with Gasteiger partial charge in [0.15, 0.2) is 5.82 Å². The quantitative estimate of drug-likeness (QED) is 0.0453. The van der Waals surface area contributed by atoms with E-state index in [2.05, 4.69) is 67.1 Å². The van der Waals surface area contributed by atoms with Crippen LogP contribution in [0.15, 0.2) is 83.9 Å². The Hall–Kier alpha value is -5.28. The highest BCUT2D eigenvalue weighted by Gasteiger charge is 2.50. The predicted molar refractivity (Wildman–Crippen MR) is 278 cm³/mol. The summed E-state index contributed by atoms with van der Waals surface area (Å²) >= 11 is 0. The van der Waals surface area contributed by atoms with E-state index in [-0.39, 0.29) is 41.3 Å². The first-order valence-electron chi connectivity index (χ1n) is 24.4. The van der Waals surface area contributed by atoms with Gasteiger partial charge in [-0.3, -0.25) is 9.80 Å². The summed E-state index contributed by atoms with van der Waals surface area (Å²) in [4.78, 5) is 34.3. The lowest BCUT2D eigenvalue weighted by Crippen LogP contribution is -2.57. The molecule has 69 heavy (non-hydrogen) atoms. The fourth-order valence-corrected chi connectivity index (χ4v) is 17.3. The third-order valence-electron chi connectivity index (χ3n) is 14.9. The number of piperazine rings is 1. The number of carbonyl (C=O) groups is 1. The van der Waals surface area contributed by atoms with Crippen LogP contribution in [0.3, 0.4) is 0 Å². The summed E-state index contributed by atoms with van der Waals surface area (Å²) in [5.41, 5.74) is 6.44. The van der Waals surface area contributed by atoms with Crippen LogP contribution in [-0.4, -0.2) is 102 Å². The van der Waals surface area contributed by atoms with E-state index < -0.39 is 43.1 Å². The summed E-state index contributed by atoms with van der Waals surface area (Å²) in [6.07, 6.45) is 4.69. The molecule has 0 N–H and O–H groups in total. The molecule has 2 bridgehead atoms. The Bertz CT molecular complexity index is 2890. The van der Waals surface area contributed by atoms with Crippen molar-refractivity contribution in [2.24, 2.45) is 4.99 Å². The van der Waals surface area contributed by atoms with Gasteiger partial charge in [-0.15, -0.1) is 5.54 Å². The van der Waals surface area contributed by atoms with E-state index in [0.717, 1.165) is 24.9 Å². The van der Waals surface area contributed by atoms with Crippen LogP contribution in [0.25, 0.3) is 32.8 Å². The van der Waals surface area contributed by atoms with Crippen LogP contribution < -0.4 is 9.64 Å². The van der Waals surface area contributed by atoms with E-state index in [1.807, 2.05) is 86.4 Å². The molecule has 0 radical (unpaired) electrons. The second-order valence-electron chi connectivity index (χ2n) is 21.4. The van der Waals surface area contributed by atoms with Gasteiger partial charge in [0.1, 0.15) is 43.6 Å². The van der Waals surface area contributed by atoms with E-state index in [1.54, 1.807) is 17.0 Å². The minimum Gasteiger partial charge on any atom is -0.461 e. The number of aromatic nitrogens is 2. The van der Waals surface area contributed by atoms with Gasteiger partial charge in [-0.2, -0.15) is 9.97 Å².